The lowest BCUT2D eigenvalue weighted by Gasteiger charge is -1.98. The first-order chi connectivity index (χ1) is 5.15. The summed E-state index contributed by atoms with van der Waals surface area (Å²) in [5, 5.41) is 0.530. The van der Waals surface area contributed by atoms with E-state index in [-0.39, 0.29) is 10.8 Å². The van der Waals surface area contributed by atoms with Crippen molar-refractivity contribution in [2.24, 2.45) is 0 Å². The number of hydrogen-bond donors (Lipinski definition) is 0. The van der Waals surface area contributed by atoms with Crippen LogP contribution in [0, 0.1) is 13.5 Å². The summed E-state index contributed by atoms with van der Waals surface area (Å²) >= 11 is 11.3. The summed E-state index contributed by atoms with van der Waals surface area (Å²) in [6, 6.07) is 1.61. The van der Waals surface area contributed by atoms with E-state index in [0.717, 1.165) is 0 Å². The number of aryl methyl sites for hydroxylation is 1. The van der Waals surface area contributed by atoms with Crippen LogP contribution in [0.25, 0.3) is 4.85 Å². The molecule has 1 heterocycles. The molecular weight excluding hydrogens is 183 g/mol. The molecule has 0 aliphatic heterocycles. The van der Waals surface area contributed by atoms with Gasteiger partial charge in [0.2, 0.25) is 5.69 Å². The molecule has 0 spiro atoms. The Morgan fingerprint density at radius 3 is 2.64 bits per heavy atom. The van der Waals surface area contributed by atoms with Crippen molar-refractivity contribution >= 4 is 28.9 Å². The second kappa shape index (κ2) is 3.08. The van der Waals surface area contributed by atoms with Crippen LogP contribution in [0.1, 0.15) is 5.69 Å². The molecule has 0 amide bonds. The second-order valence-corrected chi connectivity index (χ2v) is 2.76. The normalized spacial score (nSPS) is 9.27. The van der Waals surface area contributed by atoms with Crippen molar-refractivity contribution in [3.8, 4) is 0 Å². The van der Waals surface area contributed by atoms with Gasteiger partial charge in [-0.2, -0.15) is 0 Å². The van der Waals surface area contributed by atoms with Gasteiger partial charge in [-0.25, -0.2) is 4.85 Å². The maximum absolute atomic E-state index is 6.71. The van der Waals surface area contributed by atoms with Crippen molar-refractivity contribution in [3.05, 3.63) is 33.4 Å². The van der Waals surface area contributed by atoms with Crippen LogP contribution in [0.2, 0.25) is 10.2 Å². The Labute approximate surface area is 74.6 Å². The van der Waals surface area contributed by atoms with E-state index in [0.29, 0.717) is 10.7 Å². The van der Waals surface area contributed by atoms with Crippen molar-refractivity contribution in [2.75, 3.05) is 0 Å². The molecule has 0 atom stereocenters. The fourth-order valence-electron chi connectivity index (χ4n) is 0.690. The van der Waals surface area contributed by atoms with Crippen LogP contribution < -0.4 is 0 Å². The van der Waals surface area contributed by atoms with E-state index in [1.807, 2.05) is 0 Å². The summed E-state index contributed by atoms with van der Waals surface area (Å²) in [5.74, 6) is 0. The van der Waals surface area contributed by atoms with Crippen molar-refractivity contribution in [1.29, 1.82) is 0 Å². The molecule has 0 aromatic carbocycles. The zero-order valence-corrected chi connectivity index (χ0v) is 7.24. The molecule has 56 valence electrons. The Bertz CT molecular complexity index is 305. The summed E-state index contributed by atoms with van der Waals surface area (Å²) in [6.45, 7) is 8.48. The second-order valence-electron chi connectivity index (χ2n) is 2.00. The van der Waals surface area contributed by atoms with Crippen LogP contribution in [-0.4, -0.2) is 4.98 Å². The fourth-order valence-corrected chi connectivity index (χ4v) is 1.31. The zero-order valence-electron chi connectivity index (χ0n) is 5.73. The third-order valence-electron chi connectivity index (χ3n) is 1.14. The molecule has 0 N–H and O–H groups in total. The summed E-state index contributed by atoms with van der Waals surface area (Å²) in [7, 11) is 0. The van der Waals surface area contributed by atoms with E-state index in [4.69, 9.17) is 29.8 Å². The lowest BCUT2D eigenvalue weighted by Crippen LogP contribution is -1.81. The van der Waals surface area contributed by atoms with Crippen LogP contribution in [0.3, 0.4) is 0 Å². The average molecular weight is 187 g/mol. The van der Waals surface area contributed by atoms with E-state index in [1.165, 1.54) is 0 Å². The predicted octanol–water partition coefficient (Wildman–Crippen LogP) is 3.25. The van der Waals surface area contributed by atoms with Gasteiger partial charge in [-0.3, -0.25) is 4.98 Å². The van der Waals surface area contributed by atoms with Crippen LogP contribution >= 0.6 is 23.2 Å². The van der Waals surface area contributed by atoms with Gasteiger partial charge in [0.15, 0.2) is 0 Å². The first kappa shape index (κ1) is 8.32. The monoisotopic (exact) mass is 186 g/mol. The van der Waals surface area contributed by atoms with E-state index in [1.54, 1.807) is 13.0 Å². The molecule has 0 fully saturated rings. The lowest BCUT2D eigenvalue weighted by atomic mass is 10.3. The zero-order chi connectivity index (χ0) is 8.43. The highest BCUT2D eigenvalue weighted by molar-refractivity contribution is 6.38. The minimum Gasteiger partial charge on any atom is -0.253 e. The van der Waals surface area contributed by atoms with Gasteiger partial charge in [0.25, 0.3) is 0 Å². The molecule has 2 nitrogen and oxygen atoms in total. The molecule has 4 heteroatoms. The molecule has 0 saturated carbocycles. The van der Waals surface area contributed by atoms with Crippen molar-refractivity contribution in [3.63, 3.8) is 0 Å². The van der Waals surface area contributed by atoms with Crippen LogP contribution in [-0.2, 0) is 0 Å². The topological polar surface area (TPSA) is 17.2 Å². The number of rotatable bonds is 0. The van der Waals surface area contributed by atoms with E-state index in [9.17, 15) is 0 Å². The summed E-state index contributed by atoms with van der Waals surface area (Å²) in [6.07, 6.45) is 0. The molecule has 0 saturated heterocycles. The Kier molecular flexibility index (Phi) is 2.33. The highest BCUT2D eigenvalue weighted by Crippen LogP contribution is 2.31. The minimum absolute atomic E-state index is 0.171. The predicted molar refractivity (Wildman–Crippen MR) is 45.3 cm³/mol. The SMILES string of the molecule is [C-]#[N+]c1c(Cl)cc(C)nc1Cl. The highest BCUT2D eigenvalue weighted by atomic mass is 35.5. The van der Waals surface area contributed by atoms with E-state index in [2.05, 4.69) is 9.83 Å². The van der Waals surface area contributed by atoms with Crippen LogP contribution in [0.15, 0.2) is 6.07 Å². The standard InChI is InChI=1S/C7H4Cl2N2/c1-4-3-5(8)6(10-2)7(9)11-4/h3H,1H3. The molecule has 0 aliphatic carbocycles. The molecule has 0 bridgehead atoms. The van der Waals surface area contributed by atoms with Gasteiger partial charge in [-0.05, 0) is 13.0 Å². The van der Waals surface area contributed by atoms with Crippen LogP contribution in [0.5, 0.6) is 0 Å². The summed E-state index contributed by atoms with van der Waals surface area (Å²) in [4.78, 5) is 7.01. The molecule has 0 aliphatic rings. The van der Waals surface area contributed by atoms with Gasteiger partial charge in [-0.1, -0.05) is 23.2 Å². The molecule has 0 radical (unpaired) electrons. The van der Waals surface area contributed by atoms with Gasteiger partial charge in [0.1, 0.15) is 5.15 Å². The lowest BCUT2D eigenvalue weighted by molar-refractivity contribution is 1.21. The quantitative estimate of drug-likeness (QED) is 0.450. The maximum Gasteiger partial charge on any atom is 0.241 e. The van der Waals surface area contributed by atoms with Crippen LogP contribution in [0.4, 0.5) is 5.69 Å². The minimum atomic E-state index is 0.171. The average Bonchev–Trinajstić information content (AvgIpc) is 1.85. The highest BCUT2D eigenvalue weighted by Gasteiger charge is 2.06. The largest absolute Gasteiger partial charge is 0.253 e. The van der Waals surface area contributed by atoms with Crippen molar-refractivity contribution in [1.82, 2.24) is 4.98 Å². The molecule has 1 aromatic rings. The maximum atomic E-state index is 6.71. The first-order valence-electron chi connectivity index (χ1n) is 2.85. The smallest absolute Gasteiger partial charge is 0.241 e. The molecule has 1 rings (SSSR count). The fraction of sp³-hybridized carbons (Fsp3) is 0.143. The number of halogens is 2. The Morgan fingerprint density at radius 2 is 2.18 bits per heavy atom. The Morgan fingerprint density at radius 1 is 1.55 bits per heavy atom. The molecule has 1 aromatic heterocycles. The number of aromatic nitrogens is 1. The number of pyridine rings is 1. The molecular formula is C7H4Cl2N2. The van der Waals surface area contributed by atoms with Gasteiger partial charge in [-0.15, -0.1) is 0 Å². The molecule has 0 unspecified atom stereocenters. The number of hydrogen-bond acceptors (Lipinski definition) is 1. The van der Waals surface area contributed by atoms with Crippen molar-refractivity contribution < 1.29 is 0 Å². The van der Waals surface area contributed by atoms with Gasteiger partial charge < -0.3 is 0 Å². The van der Waals surface area contributed by atoms with Gasteiger partial charge in [0.05, 0.1) is 11.6 Å². The van der Waals surface area contributed by atoms with Crippen molar-refractivity contribution in [2.45, 2.75) is 6.92 Å². The Balaban J connectivity index is 3.40. The van der Waals surface area contributed by atoms with E-state index >= 15 is 0 Å². The van der Waals surface area contributed by atoms with Gasteiger partial charge >= 0.3 is 0 Å². The number of nitrogens with zero attached hydrogens (tertiary/aromatic N) is 2. The van der Waals surface area contributed by atoms with Gasteiger partial charge in [0, 0.05) is 5.69 Å². The third kappa shape index (κ3) is 1.62. The summed E-state index contributed by atoms with van der Waals surface area (Å²) < 4.78 is 0. The van der Waals surface area contributed by atoms with E-state index < -0.39 is 0 Å². The third-order valence-corrected chi connectivity index (χ3v) is 1.70. The Hall–Kier alpha value is -0.780. The summed E-state index contributed by atoms with van der Waals surface area (Å²) in [5.41, 5.74) is 0.936. The first-order valence-corrected chi connectivity index (χ1v) is 3.61. The molecule has 11 heavy (non-hydrogen) atoms.